The highest BCUT2D eigenvalue weighted by atomic mass is 16.5. The van der Waals surface area contributed by atoms with E-state index in [1.54, 1.807) is 7.11 Å². The zero-order valence-corrected chi connectivity index (χ0v) is 11.0. The summed E-state index contributed by atoms with van der Waals surface area (Å²) in [5.74, 6) is 0. The number of aliphatic hydroxyl groups excluding tert-OH is 1. The highest BCUT2D eigenvalue weighted by Gasteiger charge is 2.11. The van der Waals surface area contributed by atoms with Crippen LogP contribution in [0, 0.1) is 0 Å². The van der Waals surface area contributed by atoms with Gasteiger partial charge in [-0.05, 0) is 6.42 Å². The van der Waals surface area contributed by atoms with E-state index >= 15 is 0 Å². The molecule has 5 nitrogen and oxygen atoms in total. The molecule has 5 heteroatoms. The second-order valence-electron chi connectivity index (χ2n) is 4.12. The molecule has 1 N–H and O–H groups in total. The molecule has 17 heavy (non-hydrogen) atoms. The maximum Gasteiger partial charge on any atom is 0.0666 e. The smallest absolute Gasteiger partial charge is 0.0666 e. The molecule has 0 bridgehead atoms. The third kappa shape index (κ3) is 4.46. The molecule has 0 amide bonds. The molecule has 0 saturated carbocycles. The van der Waals surface area contributed by atoms with E-state index in [-0.39, 0.29) is 6.61 Å². The van der Waals surface area contributed by atoms with Gasteiger partial charge in [-0.3, -0.25) is 9.58 Å². The van der Waals surface area contributed by atoms with Crippen LogP contribution >= 0.6 is 0 Å². The van der Waals surface area contributed by atoms with E-state index in [1.807, 2.05) is 11.7 Å². The molecule has 1 aromatic heterocycles. The Hall–Kier alpha value is -0.910. The molecule has 0 spiro atoms. The van der Waals surface area contributed by atoms with E-state index in [9.17, 15) is 0 Å². The number of aromatic nitrogens is 2. The molecule has 0 aliphatic carbocycles. The van der Waals surface area contributed by atoms with Crippen molar-refractivity contribution in [3.05, 3.63) is 17.5 Å². The molecule has 0 fully saturated rings. The maximum absolute atomic E-state index is 9.04. The van der Waals surface area contributed by atoms with E-state index in [0.717, 1.165) is 25.2 Å². The van der Waals surface area contributed by atoms with Gasteiger partial charge >= 0.3 is 0 Å². The van der Waals surface area contributed by atoms with Gasteiger partial charge in [-0.15, -0.1) is 0 Å². The van der Waals surface area contributed by atoms with Gasteiger partial charge in [-0.1, -0.05) is 6.92 Å². The minimum atomic E-state index is 0.172. The Labute approximate surface area is 103 Å². The molecule has 1 heterocycles. The van der Waals surface area contributed by atoms with Crippen molar-refractivity contribution >= 4 is 0 Å². The Morgan fingerprint density at radius 2 is 2.24 bits per heavy atom. The van der Waals surface area contributed by atoms with Gasteiger partial charge in [-0.25, -0.2) is 0 Å². The number of ether oxygens (including phenoxy) is 1. The largest absolute Gasteiger partial charge is 0.395 e. The van der Waals surface area contributed by atoms with Crippen LogP contribution in [0.3, 0.4) is 0 Å². The fourth-order valence-corrected chi connectivity index (χ4v) is 1.89. The first-order valence-electron chi connectivity index (χ1n) is 6.04. The van der Waals surface area contributed by atoms with Crippen LogP contribution in [-0.4, -0.2) is 53.2 Å². The summed E-state index contributed by atoms with van der Waals surface area (Å²) >= 11 is 0. The zero-order chi connectivity index (χ0) is 12.7. The van der Waals surface area contributed by atoms with Gasteiger partial charge in [0.15, 0.2) is 0 Å². The van der Waals surface area contributed by atoms with Crippen molar-refractivity contribution in [3.8, 4) is 0 Å². The fourth-order valence-electron chi connectivity index (χ4n) is 1.89. The summed E-state index contributed by atoms with van der Waals surface area (Å²) in [6.07, 6.45) is 2.99. The van der Waals surface area contributed by atoms with E-state index in [0.29, 0.717) is 13.2 Å². The minimum Gasteiger partial charge on any atom is -0.395 e. The first-order chi connectivity index (χ1) is 8.21. The Balaban J connectivity index is 2.63. The molecule has 0 atom stereocenters. The van der Waals surface area contributed by atoms with Crippen LogP contribution in [0.4, 0.5) is 0 Å². The zero-order valence-electron chi connectivity index (χ0n) is 11.0. The Morgan fingerprint density at radius 3 is 2.82 bits per heavy atom. The van der Waals surface area contributed by atoms with Gasteiger partial charge in [0.25, 0.3) is 0 Å². The molecule has 0 aromatic carbocycles. The number of aryl methyl sites for hydroxylation is 2. The van der Waals surface area contributed by atoms with Crippen LogP contribution in [0.5, 0.6) is 0 Å². The number of hydrogen-bond donors (Lipinski definition) is 1. The van der Waals surface area contributed by atoms with Gasteiger partial charge in [0, 0.05) is 45.6 Å². The second-order valence-corrected chi connectivity index (χ2v) is 4.12. The van der Waals surface area contributed by atoms with Crippen LogP contribution in [0.2, 0.25) is 0 Å². The van der Waals surface area contributed by atoms with Crippen molar-refractivity contribution in [2.75, 3.05) is 33.4 Å². The predicted molar refractivity (Wildman–Crippen MR) is 66.8 cm³/mol. The molecule has 98 valence electrons. The summed E-state index contributed by atoms with van der Waals surface area (Å²) in [6.45, 7) is 5.28. The van der Waals surface area contributed by atoms with Crippen molar-refractivity contribution in [3.63, 3.8) is 0 Å². The number of rotatable bonds is 8. The Morgan fingerprint density at radius 1 is 1.47 bits per heavy atom. The lowest BCUT2D eigenvalue weighted by Crippen LogP contribution is -2.30. The lowest BCUT2D eigenvalue weighted by molar-refractivity contribution is 0.126. The van der Waals surface area contributed by atoms with Crippen molar-refractivity contribution in [2.24, 2.45) is 7.05 Å². The molecular weight excluding hydrogens is 218 g/mol. The van der Waals surface area contributed by atoms with Crippen LogP contribution < -0.4 is 0 Å². The van der Waals surface area contributed by atoms with Crippen molar-refractivity contribution in [2.45, 2.75) is 19.9 Å². The monoisotopic (exact) mass is 241 g/mol. The summed E-state index contributed by atoms with van der Waals surface area (Å²) in [7, 11) is 3.63. The highest BCUT2D eigenvalue weighted by molar-refractivity contribution is 5.16. The first-order valence-corrected chi connectivity index (χ1v) is 6.04. The summed E-state index contributed by atoms with van der Waals surface area (Å²) in [5.41, 5.74) is 2.37. The topological polar surface area (TPSA) is 50.5 Å². The average Bonchev–Trinajstić information content (AvgIpc) is 2.66. The normalized spacial score (nSPS) is 11.4. The van der Waals surface area contributed by atoms with Gasteiger partial charge in [-0.2, -0.15) is 5.10 Å². The van der Waals surface area contributed by atoms with Gasteiger partial charge in [0.05, 0.1) is 18.9 Å². The summed E-state index contributed by atoms with van der Waals surface area (Å²) in [6, 6.07) is 0. The van der Waals surface area contributed by atoms with Crippen LogP contribution in [-0.2, 0) is 24.8 Å². The maximum atomic E-state index is 9.04. The van der Waals surface area contributed by atoms with Crippen molar-refractivity contribution in [1.29, 1.82) is 0 Å². The summed E-state index contributed by atoms with van der Waals surface area (Å²) in [5, 5.41) is 13.5. The van der Waals surface area contributed by atoms with Crippen LogP contribution in [0.15, 0.2) is 6.20 Å². The van der Waals surface area contributed by atoms with Gasteiger partial charge in [0.1, 0.15) is 0 Å². The van der Waals surface area contributed by atoms with E-state index in [1.165, 1.54) is 5.56 Å². The Kier molecular flexibility index (Phi) is 6.18. The number of methoxy groups -OCH3 is 1. The molecule has 1 aromatic rings. The number of aliphatic hydroxyl groups is 1. The van der Waals surface area contributed by atoms with Crippen molar-refractivity contribution in [1.82, 2.24) is 14.7 Å². The first kappa shape index (κ1) is 14.2. The Bertz CT molecular complexity index is 326. The molecule has 0 aliphatic rings. The van der Waals surface area contributed by atoms with E-state index in [4.69, 9.17) is 9.84 Å². The molecule has 1 rings (SSSR count). The van der Waals surface area contributed by atoms with E-state index in [2.05, 4.69) is 23.1 Å². The molecule has 0 radical (unpaired) electrons. The number of nitrogens with zero attached hydrogens (tertiary/aromatic N) is 3. The van der Waals surface area contributed by atoms with E-state index < -0.39 is 0 Å². The quantitative estimate of drug-likeness (QED) is 0.717. The van der Waals surface area contributed by atoms with Crippen LogP contribution in [0.25, 0.3) is 0 Å². The van der Waals surface area contributed by atoms with Gasteiger partial charge < -0.3 is 9.84 Å². The highest BCUT2D eigenvalue weighted by Crippen LogP contribution is 2.10. The number of hydrogen-bond acceptors (Lipinski definition) is 4. The predicted octanol–water partition coefficient (Wildman–Crippen LogP) is 0.423. The molecule has 0 unspecified atom stereocenters. The van der Waals surface area contributed by atoms with Crippen LogP contribution in [0.1, 0.15) is 18.2 Å². The second kappa shape index (κ2) is 7.42. The molecular formula is C12H23N3O2. The average molecular weight is 241 g/mol. The standard InChI is InChI=1S/C12H23N3O2/c1-4-12-11(9-14(2)13-12)10-15(5-7-16)6-8-17-3/h9,16H,4-8,10H2,1-3H3. The SMILES string of the molecule is CCc1nn(C)cc1CN(CCO)CCOC. The summed E-state index contributed by atoms with van der Waals surface area (Å²) in [4.78, 5) is 2.18. The van der Waals surface area contributed by atoms with Crippen molar-refractivity contribution < 1.29 is 9.84 Å². The van der Waals surface area contributed by atoms with Gasteiger partial charge in [0.2, 0.25) is 0 Å². The fraction of sp³-hybridized carbons (Fsp3) is 0.750. The lowest BCUT2D eigenvalue weighted by Gasteiger charge is -2.20. The third-order valence-electron chi connectivity index (χ3n) is 2.75. The summed E-state index contributed by atoms with van der Waals surface area (Å²) < 4.78 is 6.92. The lowest BCUT2D eigenvalue weighted by atomic mass is 10.2. The third-order valence-corrected chi connectivity index (χ3v) is 2.75. The molecule has 0 aliphatic heterocycles. The minimum absolute atomic E-state index is 0.172. The molecule has 0 saturated heterocycles.